The molecule has 0 saturated carbocycles. The molecule has 0 unspecified atom stereocenters. The molecule has 0 N–H and O–H groups in total. The van der Waals surface area contributed by atoms with Gasteiger partial charge in [-0.05, 0) is 33.7 Å². The Morgan fingerprint density at radius 1 is 0.833 bits per heavy atom. The van der Waals surface area contributed by atoms with E-state index in [1.165, 1.54) is 0 Å². The quantitative estimate of drug-likeness (QED) is 0.305. The van der Waals surface area contributed by atoms with Gasteiger partial charge in [-0.2, -0.15) is 0 Å². The summed E-state index contributed by atoms with van der Waals surface area (Å²) in [5, 5.41) is -3.11. The zero-order chi connectivity index (χ0) is 10.2. The number of alkyl halides is 5. The topological polar surface area (TPSA) is 12.4 Å². The van der Waals surface area contributed by atoms with E-state index < -0.39 is 13.4 Å². The van der Waals surface area contributed by atoms with Crippen LogP contribution in [0.5, 0.6) is 0 Å². The average Bonchev–Trinajstić information content (AvgIpc) is 1.52. The first-order chi connectivity index (χ1) is 4.96. The summed E-state index contributed by atoms with van der Waals surface area (Å²) < 4.78 is -0.746. The maximum atomic E-state index is 5.47. The molecule has 0 aliphatic heterocycles. The highest BCUT2D eigenvalue weighted by Gasteiger charge is 2.47. The molecule has 0 aliphatic carbocycles. The Hall–Kier alpha value is 2.55. The third-order valence-electron chi connectivity index (χ3n) is 0.580. The van der Waals surface area contributed by atoms with Crippen molar-refractivity contribution in [3.63, 3.8) is 0 Å². The van der Waals surface area contributed by atoms with E-state index in [2.05, 4.69) is 4.74 Å². The second-order valence-corrected chi connectivity index (χ2v) is 12.1. The molecule has 0 saturated heterocycles. The highest BCUT2D eigenvalue weighted by atomic mass is 36.0. The Balaban J connectivity index is 4.91. The first-order valence-electron chi connectivity index (χ1n) is 2.13. The zero-order valence-electron chi connectivity index (χ0n) is 4.92. The van der Waals surface area contributed by atoms with Crippen molar-refractivity contribution in [2.75, 3.05) is 0 Å². The number of hydrogen-bond acceptors (Lipinski definition) is 1. The lowest BCUT2D eigenvalue weighted by Crippen LogP contribution is -2.27. The SMILES string of the molecule is ClC(Cl)(Cl)C(Cl)(Cl)N=P(Cl)(Cl)Cl. The molecule has 0 heterocycles. The maximum absolute atomic E-state index is 5.47. The molecule has 0 radical (unpaired) electrons. The van der Waals surface area contributed by atoms with Gasteiger partial charge < -0.3 is 0 Å². The highest BCUT2D eigenvalue weighted by Crippen LogP contribution is 2.68. The van der Waals surface area contributed by atoms with E-state index in [9.17, 15) is 0 Å². The second kappa shape index (κ2) is 4.60. The fourth-order valence-electron chi connectivity index (χ4n) is 0.199. The van der Waals surface area contributed by atoms with Gasteiger partial charge in [0.05, 0.1) is 0 Å². The van der Waals surface area contributed by atoms with Crippen molar-refractivity contribution in [2.24, 2.45) is 4.74 Å². The highest BCUT2D eigenvalue weighted by molar-refractivity contribution is 8.26. The van der Waals surface area contributed by atoms with Gasteiger partial charge >= 0.3 is 0 Å². The number of nitrogens with zero attached hydrogens (tertiary/aromatic N) is 1. The molecule has 0 aromatic carbocycles. The lowest BCUT2D eigenvalue weighted by Gasteiger charge is -2.23. The van der Waals surface area contributed by atoms with Gasteiger partial charge in [0.25, 0.3) is 4.46 Å². The molecule has 0 aliphatic rings. The van der Waals surface area contributed by atoms with E-state index in [1.54, 1.807) is 0 Å². The van der Waals surface area contributed by atoms with Crippen molar-refractivity contribution in [3.05, 3.63) is 0 Å². The van der Waals surface area contributed by atoms with Crippen molar-refractivity contribution in [3.8, 4) is 0 Å². The molecular formula is C2Cl8NP. The summed E-state index contributed by atoms with van der Waals surface area (Å²) in [6, 6.07) is 0. The summed E-state index contributed by atoms with van der Waals surface area (Å²) in [7, 11) is 0. The summed E-state index contributed by atoms with van der Waals surface area (Å²) in [4.78, 5) is 0. The van der Waals surface area contributed by atoms with Crippen LogP contribution in [-0.4, -0.2) is 8.25 Å². The van der Waals surface area contributed by atoms with Crippen LogP contribution >= 0.6 is 96.8 Å². The van der Waals surface area contributed by atoms with Crippen molar-refractivity contribution in [2.45, 2.75) is 8.25 Å². The number of rotatable bonds is 1. The van der Waals surface area contributed by atoms with Gasteiger partial charge in [-0.1, -0.05) is 58.0 Å². The van der Waals surface area contributed by atoms with Crippen LogP contribution in [0.4, 0.5) is 0 Å². The Morgan fingerprint density at radius 3 is 1.25 bits per heavy atom. The molecule has 0 amide bonds. The molecule has 0 fully saturated rings. The van der Waals surface area contributed by atoms with Gasteiger partial charge in [0, 0.05) is 0 Å². The van der Waals surface area contributed by atoms with Crippen LogP contribution in [0.15, 0.2) is 4.74 Å². The van der Waals surface area contributed by atoms with Crippen LogP contribution in [0.25, 0.3) is 0 Å². The maximum Gasteiger partial charge on any atom is 0.256 e. The minimum Gasteiger partial charge on any atom is -0.217 e. The third kappa shape index (κ3) is 5.44. The normalized spacial score (nSPS) is 14.7. The van der Waals surface area contributed by atoms with Crippen LogP contribution in [0.3, 0.4) is 0 Å². The van der Waals surface area contributed by atoms with E-state index in [-0.39, 0.29) is 0 Å². The van der Waals surface area contributed by atoms with Crippen LogP contribution in [0.2, 0.25) is 0 Å². The van der Waals surface area contributed by atoms with Gasteiger partial charge in [-0.3, -0.25) is 0 Å². The van der Waals surface area contributed by atoms with Crippen LogP contribution in [0.1, 0.15) is 0 Å². The van der Waals surface area contributed by atoms with Crippen molar-refractivity contribution >= 4 is 96.8 Å². The molecule has 10 heteroatoms. The molecule has 0 atom stereocenters. The lowest BCUT2D eigenvalue weighted by atomic mass is 10.7. The summed E-state index contributed by atoms with van der Waals surface area (Å²) >= 11 is 43.0. The predicted octanol–water partition coefficient (Wildman–Crippen LogP) is 6.15. The zero-order valence-corrected chi connectivity index (χ0v) is 11.9. The minimum absolute atomic E-state index is 2.04. The van der Waals surface area contributed by atoms with Gasteiger partial charge in [0.2, 0.25) is 8.91 Å². The first kappa shape index (κ1) is 14.6. The molecule has 74 valence electrons. The largest absolute Gasteiger partial charge is 0.256 e. The third-order valence-corrected chi connectivity index (χ3v) is 4.16. The van der Waals surface area contributed by atoms with Crippen LogP contribution < -0.4 is 0 Å². The standard InChI is InChI=1S/C2Cl8NP/c3-1(4,5)2(6,7)11-12(8,9)10. The van der Waals surface area contributed by atoms with Crippen molar-refractivity contribution in [1.82, 2.24) is 0 Å². The van der Waals surface area contributed by atoms with Crippen molar-refractivity contribution < 1.29 is 0 Å². The van der Waals surface area contributed by atoms with Crippen LogP contribution in [0, 0.1) is 0 Å². The molecule has 0 bridgehead atoms. The molecule has 0 aromatic rings. The lowest BCUT2D eigenvalue weighted by molar-refractivity contribution is 0.864. The van der Waals surface area contributed by atoms with Gasteiger partial charge in [0.15, 0.2) is 0 Å². The molecular weight excluding hydrogens is 353 g/mol. The van der Waals surface area contributed by atoms with E-state index in [1.807, 2.05) is 0 Å². The van der Waals surface area contributed by atoms with E-state index in [0.29, 0.717) is 0 Å². The molecule has 0 aromatic heterocycles. The Kier molecular flexibility index (Phi) is 5.57. The predicted molar refractivity (Wildman–Crippen MR) is 61.6 cm³/mol. The molecule has 12 heavy (non-hydrogen) atoms. The van der Waals surface area contributed by atoms with Gasteiger partial charge in [0.1, 0.15) is 0 Å². The monoisotopic (exact) mass is 349 g/mol. The van der Waals surface area contributed by atoms with E-state index >= 15 is 0 Å². The van der Waals surface area contributed by atoms with E-state index in [4.69, 9.17) is 91.7 Å². The van der Waals surface area contributed by atoms with E-state index in [0.717, 1.165) is 0 Å². The molecule has 0 spiro atoms. The van der Waals surface area contributed by atoms with Crippen molar-refractivity contribution in [1.29, 1.82) is 0 Å². The summed E-state index contributed by atoms with van der Waals surface area (Å²) in [5.74, 6) is 0. The minimum atomic E-state index is -3.11. The molecule has 0 rings (SSSR count). The Bertz CT molecular complexity index is 201. The number of hydrogen-bond donors (Lipinski definition) is 0. The first-order valence-corrected chi connectivity index (χ1v) is 8.47. The second-order valence-electron chi connectivity index (χ2n) is 1.56. The van der Waals surface area contributed by atoms with Gasteiger partial charge in [-0.25, -0.2) is 4.74 Å². The number of halogens is 8. The fraction of sp³-hybridized carbons (Fsp3) is 1.00. The fourth-order valence-corrected chi connectivity index (χ4v) is 3.33. The summed E-state index contributed by atoms with van der Waals surface area (Å²) in [6.07, 6.45) is 0. The Morgan fingerprint density at radius 2 is 1.17 bits per heavy atom. The Labute approximate surface area is 109 Å². The molecule has 1 nitrogen and oxygen atoms in total. The average molecular weight is 353 g/mol. The smallest absolute Gasteiger partial charge is 0.217 e. The summed E-state index contributed by atoms with van der Waals surface area (Å²) in [6.45, 7) is 0. The summed E-state index contributed by atoms with van der Waals surface area (Å²) in [5.41, 5.74) is 0. The van der Waals surface area contributed by atoms with Gasteiger partial charge in [-0.15, -0.1) is 0 Å². The van der Waals surface area contributed by atoms with Crippen LogP contribution in [-0.2, 0) is 0 Å².